The Balaban J connectivity index is 2.21. The second-order valence-corrected chi connectivity index (χ2v) is 4.71. The maximum Gasteiger partial charge on any atom is 0.139 e. The molecule has 0 fully saturated rings. The summed E-state index contributed by atoms with van der Waals surface area (Å²) >= 11 is 5.84. The average Bonchev–Trinajstić information content (AvgIpc) is 2.38. The first-order valence-corrected chi connectivity index (χ1v) is 6.46. The summed E-state index contributed by atoms with van der Waals surface area (Å²) in [5.74, 6) is 0.292. The molecule has 0 saturated heterocycles. The highest BCUT2D eigenvalue weighted by molar-refractivity contribution is 6.30. The fourth-order valence-electron chi connectivity index (χ4n) is 1.67. The van der Waals surface area contributed by atoms with E-state index in [4.69, 9.17) is 22.5 Å². The van der Waals surface area contributed by atoms with Crippen LogP contribution in [-0.2, 0) is 0 Å². The van der Waals surface area contributed by atoms with Gasteiger partial charge >= 0.3 is 0 Å². The van der Waals surface area contributed by atoms with Gasteiger partial charge in [-0.05, 0) is 44.0 Å². The summed E-state index contributed by atoms with van der Waals surface area (Å²) in [5.41, 5.74) is 6.61. The van der Waals surface area contributed by atoms with E-state index >= 15 is 0 Å². The Bertz CT molecular complexity index is 378. The Kier molecular flexibility index (Phi) is 6.54. The molecule has 1 aromatic rings. The van der Waals surface area contributed by atoms with Crippen molar-refractivity contribution >= 4 is 17.4 Å². The van der Waals surface area contributed by atoms with Gasteiger partial charge in [-0.25, -0.2) is 0 Å². The molecular formula is C13H20ClN3O. The van der Waals surface area contributed by atoms with Crippen LogP contribution in [0.25, 0.3) is 0 Å². The van der Waals surface area contributed by atoms with Gasteiger partial charge in [-0.15, -0.1) is 0 Å². The maximum atomic E-state index is 8.39. The van der Waals surface area contributed by atoms with Crippen molar-refractivity contribution in [3.63, 3.8) is 0 Å². The van der Waals surface area contributed by atoms with E-state index in [1.165, 1.54) is 5.56 Å². The van der Waals surface area contributed by atoms with Crippen LogP contribution < -0.4 is 11.1 Å². The normalized spacial score (nSPS) is 13.6. The van der Waals surface area contributed by atoms with Crippen molar-refractivity contribution in [2.24, 2.45) is 10.9 Å². The molecule has 1 aromatic carbocycles. The molecule has 4 nitrogen and oxygen atoms in total. The Hall–Kier alpha value is -1.26. The van der Waals surface area contributed by atoms with E-state index in [0.29, 0.717) is 18.3 Å². The van der Waals surface area contributed by atoms with Crippen LogP contribution in [0.1, 0.15) is 37.8 Å². The zero-order chi connectivity index (χ0) is 13.4. The van der Waals surface area contributed by atoms with E-state index < -0.39 is 0 Å². The molecule has 0 aliphatic rings. The fraction of sp³-hybridized carbons (Fsp3) is 0.462. The number of benzene rings is 1. The van der Waals surface area contributed by atoms with Crippen LogP contribution in [0.5, 0.6) is 0 Å². The fourth-order valence-corrected chi connectivity index (χ4v) is 1.79. The van der Waals surface area contributed by atoms with Gasteiger partial charge < -0.3 is 16.3 Å². The summed E-state index contributed by atoms with van der Waals surface area (Å²) < 4.78 is 0. The van der Waals surface area contributed by atoms with E-state index in [1.807, 2.05) is 24.3 Å². The highest BCUT2D eigenvalue weighted by Gasteiger charge is 2.03. The number of unbranched alkanes of at least 4 members (excludes halogenated alkanes) is 1. The molecular weight excluding hydrogens is 250 g/mol. The molecule has 4 N–H and O–H groups in total. The zero-order valence-corrected chi connectivity index (χ0v) is 11.3. The van der Waals surface area contributed by atoms with Gasteiger partial charge in [-0.2, -0.15) is 0 Å². The standard InChI is InChI=1S/C13H20ClN3O/c1-10(11-5-7-12(14)8-6-11)16-9-3-2-4-13(15)17-18/h5-8,10,16,18H,2-4,9H2,1H3,(H2,15,17)/t10-/m0/s1. The molecule has 0 spiro atoms. The molecule has 0 aromatic heterocycles. The molecule has 100 valence electrons. The number of rotatable bonds is 7. The maximum absolute atomic E-state index is 8.39. The lowest BCUT2D eigenvalue weighted by Gasteiger charge is -2.14. The van der Waals surface area contributed by atoms with Gasteiger partial charge in [0.15, 0.2) is 0 Å². The number of hydrogen-bond acceptors (Lipinski definition) is 3. The van der Waals surface area contributed by atoms with Crippen molar-refractivity contribution in [3.05, 3.63) is 34.9 Å². The van der Waals surface area contributed by atoms with Crippen molar-refractivity contribution in [3.8, 4) is 0 Å². The number of oxime groups is 1. The van der Waals surface area contributed by atoms with Crippen molar-refractivity contribution in [1.29, 1.82) is 0 Å². The molecule has 1 rings (SSSR count). The van der Waals surface area contributed by atoms with Gasteiger partial charge in [0.25, 0.3) is 0 Å². The first-order chi connectivity index (χ1) is 8.63. The van der Waals surface area contributed by atoms with Crippen LogP contribution in [0.15, 0.2) is 29.4 Å². The predicted octanol–water partition coefficient (Wildman–Crippen LogP) is 2.91. The number of halogens is 1. The van der Waals surface area contributed by atoms with Gasteiger partial charge in [0.2, 0.25) is 0 Å². The third kappa shape index (κ3) is 5.38. The third-order valence-corrected chi connectivity index (χ3v) is 3.06. The quantitative estimate of drug-likeness (QED) is 0.234. The largest absolute Gasteiger partial charge is 0.409 e. The lowest BCUT2D eigenvalue weighted by atomic mass is 10.1. The minimum atomic E-state index is 0.292. The molecule has 0 unspecified atom stereocenters. The smallest absolute Gasteiger partial charge is 0.139 e. The lowest BCUT2D eigenvalue weighted by Crippen LogP contribution is -2.20. The third-order valence-electron chi connectivity index (χ3n) is 2.81. The van der Waals surface area contributed by atoms with Crippen LogP contribution in [0.4, 0.5) is 0 Å². The van der Waals surface area contributed by atoms with E-state index in [2.05, 4.69) is 17.4 Å². The summed E-state index contributed by atoms with van der Waals surface area (Å²) in [4.78, 5) is 0. The van der Waals surface area contributed by atoms with Crippen LogP contribution >= 0.6 is 11.6 Å². The molecule has 0 heterocycles. The number of amidine groups is 1. The molecule has 0 bridgehead atoms. The monoisotopic (exact) mass is 269 g/mol. The van der Waals surface area contributed by atoms with Gasteiger partial charge in [-0.3, -0.25) is 0 Å². The number of hydrogen-bond donors (Lipinski definition) is 3. The van der Waals surface area contributed by atoms with E-state index in [1.54, 1.807) is 0 Å². The molecule has 1 atom stereocenters. The van der Waals surface area contributed by atoms with Crippen molar-refractivity contribution in [2.45, 2.75) is 32.2 Å². The first-order valence-electron chi connectivity index (χ1n) is 6.08. The molecule has 5 heteroatoms. The van der Waals surface area contributed by atoms with Crippen LogP contribution in [0.3, 0.4) is 0 Å². The summed E-state index contributed by atoms with van der Waals surface area (Å²) in [6.07, 6.45) is 2.54. The van der Waals surface area contributed by atoms with Crippen LogP contribution in [0.2, 0.25) is 5.02 Å². The highest BCUT2D eigenvalue weighted by atomic mass is 35.5. The summed E-state index contributed by atoms with van der Waals surface area (Å²) in [7, 11) is 0. The lowest BCUT2D eigenvalue weighted by molar-refractivity contribution is 0.316. The topological polar surface area (TPSA) is 70.6 Å². The SMILES string of the molecule is C[C@H](NCCCC/C(N)=N/O)c1ccc(Cl)cc1. The van der Waals surface area contributed by atoms with E-state index in [9.17, 15) is 0 Å². The Morgan fingerprint density at radius 3 is 2.67 bits per heavy atom. The van der Waals surface area contributed by atoms with E-state index in [0.717, 1.165) is 24.4 Å². The summed E-state index contributed by atoms with van der Waals surface area (Å²) in [5, 5.41) is 15.5. The molecule has 0 aliphatic heterocycles. The average molecular weight is 270 g/mol. The number of nitrogens with two attached hydrogens (primary N) is 1. The Morgan fingerprint density at radius 2 is 2.06 bits per heavy atom. The van der Waals surface area contributed by atoms with Gasteiger partial charge in [0, 0.05) is 17.5 Å². The molecule has 0 saturated carbocycles. The molecule has 0 amide bonds. The van der Waals surface area contributed by atoms with Gasteiger partial charge in [0.1, 0.15) is 5.84 Å². The summed E-state index contributed by atoms with van der Waals surface area (Å²) in [6.45, 7) is 3.02. The minimum Gasteiger partial charge on any atom is -0.409 e. The predicted molar refractivity (Wildman–Crippen MR) is 75.1 cm³/mol. The Morgan fingerprint density at radius 1 is 1.39 bits per heavy atom. The molecule has 18 heavy (non-hydrogen) atoms. The van der Waals surface area contributed by atoms with Crippen molar-refractivity contribution in [2.75, 3.05) is 6.54 Å². The molecule has 0 radical (unpaired) electrons. The Labute approximate surface area is 113 Å². The van der Waals surface area contributed by atoms with Gasteiger partial charge in [0.05, 0.1) is 0 Å². The zero-order valence-electron chi connectivity index (χ0n) is 10.6. The van der Waals surface area contributed by atoms with E-state index in [-0.39, 0.29) is 0 Å². The second kappa shape index (κ2) is 7.95. The highest BCUT2D eigenvalue weighted by Crippen LogP contribution is 2.15. The van der Waals surface area contributed by atoms with Gasteiger partial charge in [-0.1, -0.05) is 28.9 Å². The summed E-state index contributed by atoms with van der Waals surface area (Å²) in [6, 6.07) is 8.14. The number of nitrogens with zero attached hydrogens (tertiary/aromatic N) is 1. The minimum absolute atomic E-state index is 0.292. The van der Waals surface area contributed by atoms with Crippen molar-refractivity contribution in [1.82, 2.24) is 5.32 Å². The first kappa shape index (κ1) is 14.8. The van der Waals surface area contributed by atoms with Crippen molar-refractivity contribution < 1.29 is 5.21 Å². The van der Waals surface area contributed by atoms with Crippen LogP contribution in [0, 0.1) is 0 Å². The second-order valence-electron chi connectivity index (χ2n) is 4.28. The van der Waals surface area contributed by atoms with Crippen LogP contribution in [-0.4, -0.2) is 17.6 Å². The molecule has 0 aliphatic carbocycles. The number of nitrogens with one attached hydrogen (secondary N) is 1.